The second kappa shape index (κ2) is 7.75. The number of rotatable bonds is 5. The molecule has 0 fully saturated rings. The van der Waals surface area contributed by atoms with Crippen molar-refractivity contribution in [3.8, 4) is 0 Å². The van der Waals surface area contributed by atoms with Gasteiger partial charge in [-0.3, -0.25) is 0 Å². The number of carbonyl (C=O) groups is 1. The van der Waals surface area contributed by atoms with Crippen molar-refractivity contribution in [2.45, 2.75) is 17.5 Å². The number of carbonyl (C=O) groups excluding carboxylic acids is 1. The second-order valence-electron chi connectivity index (χ2n) is 5.39. The lowest BCUT2D eigenvalue weighted by molar-refractivity contribution is -0.137. The zero-order chi connectivity index (χ0) is 19.4. The van der Waals surface area contributed by atoms with Crippen molar-refractivity contribution in [1.82, 2.24) is 5.32 Å². The van der Waals surface area contributed by atoms with E-state index < -0.39 is 27.8 Å². The van der Waals surface area contributed by atoms with E-state index in [2.05, 4.69) is 10.6 Å². The highest BCUT2D eigenvalue weighted by Gasteiger charge is 2.29. The van der Waals surface area contributed by atoms with Crippen molar-refractivity contribution < 1.29 is 26.4 Å². The third kappa shape index (κ3) is 5.74. The average molecular weight is 387 g/mol. The van der Waals surface area contributed by atoms with Crippen LogP contribution in [-0.2, 0) is 22.6 Å². The fourth-order valence-corrected chi connectivity index (χ4v) is 2.60. The van der Waals surface area contributed by atoms with E-state index in [4.69, 9.17) is 5.14 Å². The Morgan fingerprint density at radius 3 is 2.08 bits per heavy atom. The van der Waals surface area contributed by atoms with E-state index in [0.29, 0.717) is 17.7 Å². The average Bonchev–Trinajstić information content (AvgIpc) is 2.54. The number of amides is 2. The predicted molar refractivity (Wildman–Crippen MR) is 90.0 cm³/mol. The van der Waals surface area contributed by atoms with Crippen LogP contribution in [0.5, 0.6) is 0 Å². The first kappa shape index (κ1) is 19.7. The molecule has 2 aromatic carbocycles. The van der Waals surface area contributed by atoms with Crippen molar-refractivity contribution in [2.24, 2.45) is 5.14 Å². The molecule has 2 aromatic rings. The smallest absolute Gasteiger partial charge is 0.338 e. The number of alkyl halides is 3. The number of primary sulfonamides is 1. The first-order chi connectivity index (χ1) is 12.1. The highest BCUT2D eigenvalue weighted by molar-refractivity contribution is 7.89. The Hall–Kier alpha value is -2.59. The zero-order valence-corrected chi connectivity index (χ0v) is 14.2. The van der Waals surface area contributed by atoms with Crippen LogP contribution in [0.4, 0.5) is 23.7 Å². The molecule has 10 heteroatoms. The van der Waals surface area contributed by atoms with Crippen LogP contribution in [0.1, 0.15) is 11.1 Å². The molecule has 0 spiro atoms. The number of hydrogen-bond donors (Lipinski definition) is 3. The van der Waals surface area contributed by atoms with Crippen molar-refractivity contribution in [3.63, 3.8) is 0 Å². The normalized spacial score (nSPS) is 11.8. The molecule has 0 heterocycles. The molecular weight excluding hydrogens is 371 g/mol. The number of hydrogen-bond acceptors (Lipinski definition) is 3. The lowest BCUT2D eigenvalue weighted by Gasteiger charge is -2.09. The molecular formula is C16H16F3N3O3S. The number of sulfonamides is 1. The van der Waals surface area contributed by atoms with Crippen LogP contribution in [0, 0.1) is 0 Å². The van der Waals surface area contributed by atoms with E-state index in [0.717, 1.165) is 12.1 Å². The van der Waals surface area contributed by atoms with E-state index in [1.54, 1.807) is 0 Å². The molecule has 6 nitrogen and oxygen atoms in total. The third-order valence-electron chi connectivity index (χ3n) is 3.42. The largest absolute Gasteiger partial charge is 0.416 e. The summed E-state index contributed by atoms with van der Waals surface area (Å²) < 4.78 is 59.7. The minimum Gasteiger partial charge on any atom is -0.338 e. The molecule has 0 aliphatic rings. The van der Waals surface area contributed by atoms with E-state index >= 15 is 0 Å². The molecule has 0 aliphatic carbocycles. The monoisotopic (exact) mass is 387 g/mol. The van der Waals surface area contributed by atoms with Crippen LogP contribution < -0.4 is 15.8 Å². The minimum atomic E-state index is -4.38. The van der Waals surface area contributed by atoms with Gasteiger partial charge in [-0.05, 0) is 48.4 Å². The third-order valence-corrected chi connectivity index (χ3v) is 4.35. The maximum atomic E-state index is 12.5. The molecule has 0 aromatic heterocycles. The zero-order valence-electron chi connectivity index (χ0n) is 13.4. The fraction of sp³-hybridized carbons (Fsp3) is 0.188. The van der Waals surface area contributed by atoms with Crippen LogP contribution in [0.2, 0.25) is 0 Å². The van der Waals surface area contributed by atoms with Crippen LogP contribution in [0.15, 0.2) is 53.4 Å². The van der Waals surface area contributed by atoms with Gasteiger partial charge >= 0.3 is 12.2 Å². The molecule has 0 aliphatic heterocycles. The van der Waals surface area contributed by atoms with E-state index in [1.165, 1.54) is 36.4 Å². The highest BCUT2D eigenvalue weighted by atomic mass is 32.2. The maximum absolute atomic E-state index is 12.5. The first-order valence-corrected chi connectivity index (χ1v) is 8.94. The van der Waals surface area contributed by atoms with Gasteiger partial charge in [-0.1, -0.05) is 12.1 Å². The fourth-order valence-electron chi connectivity index (χ4n) is 2.08. The number of anilines is 1. The molecule has 0 bridgehead atoms. The highest BCUT2D eigenvalue weighted by Crippen LogP contribution is 2.29. The summed E-state index contributed by atoms with van der Waals surface area (Å²) in [4.78, 5) is 11.7. The molecule has 0 unspecified atom stereocenters. The summed E-state index contributed by atoms with van der Waals surface area (Å²) in [6.07, 6.45) is -4.02. The summed E-state index contributed by atoms with van der Waals surface area (Å²) in [7, 11) is -3.80. The van der Waals surface area contributed by atoms with Gasteiger partial charge in [-0.25, -0.2) is 18.4 Å². The van der Waals surface area contributed by atoms with Gasteiger partial charge in [0.05, 0.1) is 10.5 Å². The first-order valence-electron chi connectivity index (χ1n) is 7.39. The van der Waals surface area contributed by atoms with Crippen LogP contribution >= 0.6 is 0 Å². The predicted octanol–water partition coefficient (Wildman–Crippen LogP) is 2.72. The van der Waals surface area contributed by atoms with Crippen LogP contribution in [0.3, 0.4) is 0 Å². The van der Waals surface area contributed by atoms with Gasteiger partial charge in [0.15, 0.2) is 0 Å². The van der Waals surface area contributed by atoms with Crippen LogP contribution in [0.25, 0.3) is 0 Å². The molecule has 4 N–H and O–H groups in total. The number of halogens is 3. The van der Waals surface area contributed by atoms with Gasteiger partial charge in [0.1, 0.15) is 0 Å². The summed E-state index contributed by atoms with van der Waals surface area (Å²) in [5, 5.41) is 10.0. The van der Waals surface area contributed by atoms with E-state index in [1.807, 2.05) is 0 Å². The molecule has 140 valence electrons. The summed E-state index contributed by atoms with van der Waals surface area (Å²) in [5.74, 6) is 0. The topological polar surface area (TPSA) is 101 Å². The van der Waals surface area contributed by atoms with Gasteiger partial charge in [0.2, 0.25) is 10.0 Å². The number of nitrogens with two attached hydrogens (primary N) is 1. The van der Waals surface area contributed by atoms with Crippen molar-refractivity contribution >= 4 is 21.7 Å². The van der Waals surface area contributed by atoms with Crippen molar-refractivity contribution in [1.29, 1.82) is 0 Å². The van der Waals surface area contributed by atoms with Gasteiger partial charge in [0.25, 0.3) is 0 Å². The maximum Gasteiger partial charge on any atom is 0.416 e. The molecule has 26 heavy (non-hydrogen) atoms. The van der Waals surface area contributed by atoms with Gasteiger partial charge in [-0.2, -0.15) is 13.2 Å². The van der Waals surface area contributed by atoms with E-state index in [9.17, 15) is 26.4 Å². The Morgan fingerprint density at radius 2 is 1.58 bits per heavy atom. The molecule has 0 saturated heterocycles. The number of urea groups is 1. The van der Waals surface area contributed by atoms with Crippen LogP contribution in [-0.4, -0.2) is 21.0 Å². The quantitative estimate of drug-likeness (QED) is 0.735. The standard InChI is InChI=1S/C16H16F3N3O3S/c17-16(18,19)12-3-1-11(2-4-12)9-10-21-15(23)22-13-5-7-14(8-6-13)26(20,24)25/h1-8H,9-10H2,(H2,20,24,25)(H2,21,22,23). The summed E-state index contributed by atoms with van der Waals surface area (Å²) >= 11 is 0. The number of nitrogens with one attached hydrogen (secondary N) is 2. The molecule has 0 atom stereocenters. The Labute approximate surface area is 148 Å². The van der Waals surface area contributed by atoms with Crippen molar-refractivity contribution in [3.05, 3.63) is 59.7 Å². The Balaban J connectivity index is 1.82. The van der Waals surface area contributed by atoms with Crippen molar-refractivity contribution in [2.75, 3.05) is 11.9 Å². The lowest BCUT2D eigenvalue weighted by atomic mass is 10.1. The second-order valence-corrected chi connectivity index (χ2v) is 6.96. The summed E-state index contributed by atoms with van der Waals surface area (Å²) in [6, 6.07) is 9.44. The molecule has 2 rings (SSSR count). The van der Waals surface area contributed by atoms with E-state index in [-0.39, 0.29) is 11.4 Å². The molecule has 2 amide bonds. The Bertz CT molecular complexity index is 864. The summed E-state index contributed by atoms with van der Waals surface area (Å²) in [6.45, 7) is 0.215. The Morgan fingerprint density at radius 1 is 1.00 bits per heavy atom. The molecule has 0 radical (unpaired) electrons. The SMILES string of the molecule is NS(=O)(=O)c1ccc(NC(=O)NCCc2ccc(C(F)(F)F)cc2)cc1. The Kier molecular flexibility index (Phi) is 5.88. The summed E-state index contributed by atoms with van der Waals surface area (Å²) in [5.41, 5.74) is 0.287. The van der Waals surface area contributed by atoms with Gasteiger partial charge in [-0.15, -0.1) is 0 Å². The van der Waals surface area contributed by atoms with Gasteiger partial charge < -0.3 is 10.6 Å². The minimum absolute atomic E-state index is 0.0780. The lowest BCUT2D eigenvalue weighted by Crippen LogP contribution is -2.30. The molecule has 0 saturated carbocycles. The van der Waals surface area contributed by atoms with Gasteiger partial charge in [0, 0.05) is 12.2 Å². The number of benzene rings is 2.